The average molecular weight is 138 g/mol. The van der Waals surface area contributed by atoms with Crippen molar-refractivity contribution in [3.8, 4) is 0 Å². The Kier molecular flexibility index (Phi) is 1.81. The second kappa shape index (κ2) is 2.44. The summed E-state index contributed by atoms with van der Waals surface area (Å²) in [5.41, 5.74) is 0.160. The van der Waals surface area contributed by atoms with Crippen molar-refractivity contribution >= 4 is 25.9 Å². The molecule has 0 saturated carbocycles. The molecule has 0 aromatic heterocycles. The number of hydrogen-bond donors (Lipinski definition) is 1. The summed E-state index contributed by atoms with van der Waals surface area (Å²) in [4.78, 5) is 0.585. The Balaban J connectivity index is 3.17. The van der Waals surface area contributed by atoms with Crippen LogP contribution in [0.15, 0.2) is 23.1 Å². The molecule has 9 heavy (non-hydrogen) atoms. The number of halogens is 1. The maximum Gasteiger partial charge on any atom is 0.117 e. The second-order valence-electron chi connectivity index (χ2n) is 1.71. The fourth-order valence-electron chi connectivity index (χ4n) is 0.516. The minimum absolute atomic E-state index is 0.160. The van der Waals surface area contributed by atoms with E-state index in [4.69, 9.17) is 7.85 Å². The van der Waals surface area contributed by atoms with E-state index < -0.39 is 5.82 Å². The van der Waals surface area contributed by atoms with E-state index in [1.54, 1.807) is 6.07 Å². The van der Waals surface area contributed by atoms with E-state index in [0.717, 1.165) is 0 Å². The van der Waals surface area contributed by atoms with Crippen LogP contribution >= 0.6 is 12.6 Å². The van der Waals surface area contributed by atoms with Gasteiger partial charge in [-0.2, -0.15) is 0 Å². The lowest BCUT2D eigenvalue weighted by Crippen LogP contribution is -2.06. The molecule has 0 spiro atoms. The van der Waals surface area contributed by atoms with Crippen molar-refractivity contribution in [2.75, 3.05) is 0 Å². The van der Waals surface area contributed by atoms with Crippen molar-refractivity contribution < 1.29 is 4.39 Å². The molecule has 0 nitrogen and oxygen atoms in total. The summed E-state index contributed by atoms with van der Waals surface area (Å²) >= 11 is 3.91. The van der Waals surface area contributed by atoms with Gasteiger partial charge in [-0.1, -0.05) is 11.5 Å². The fourth-order valence-corrected chi connectivity index (χ4v) is 0.704. The van der Waals surface area contributed by atoms with Gasteiger partial charge in [0.1, 0.15) is 13.7 Å². The first kappa shape index (κ1) is 6.68. The summed E-state index contributed by atoms with van der Waals surface area (Å²) in [7, 11) is 5.18. The minimum Gasteiger partial charge on any atom is -0.208 e. The molecule has 0 amide bonds. The maximum atomic E-state index is 12.4. The lowest BCUT2D eigenvalue weighted by atomic mass is 9.96. The molecule has 2 radical (unpaired) electrons. The Morgan fingerprint density at radius 3 is 2.56 bits per heavy atom. The summed E-state index contributed by atoms with van der Waals surface area (Å²) in [5, 5.41) is 0. The highest BCUT2D eigenvalue weighted by Crippen LogP contribution is 2.04. The maximum absolute atomic E-state index is 12.4. The first-order valence-corrected chi connectivity index (χ1v) is 2.89. The zero-order chi connectivity index (χ0) is 6.85. The van der Waals surface area contributed by atoms with Crippen molar-refractivity contribution in [3.63, 3.8) is 0 Å². The average Bonchev–Trinajstić information content (AvgIpc) is 1.80. The van der Waals surface area contributed by atoms with Crippen molar-refractivity contribution in [1.29, 1.82) is 0 Å². The molecule has 0 unspecified atom stereocenters. The van der Waals surface area contributed by atoms with Crippen molar-refractivity contribution in [2.24, 2.45) is 0 Å². The molecule has 0 N–H and O–H groups in total. The van der Waals surface area contributed by atoms with Crippen LogP contribution in [0.3, 0.4) is 0 Å². The van der Waals surface area contributed by atoms with Gasteiger partial charge < -0.3 is 0 Å². The van der Waals surface area contributed by atoms with E-state index in [9.17, 15) is 4.39 Å². The molecule has 3 heteroatoms. The van der Waals surface area contributed by atoms with Gasteiger partial charge in [0, 0.05) is 4.90 Å². The van der Waals surface area contributed by atoms with Crippen LogP contribution in [0.2, 0.25) is 0 Å². The van der Waals surface area contributed by atoms with Crippen LogP contribution in [-0.2, 0) is 0 Å². The van der Waals surface area contributed by atoms with Gasteiger partial charge >= 0.3 is 0 Å². The van der Waals surface area contributed by atoms with Crippen molar-refractivity contribution in [2.45, 2.75) is 4.90 Å². The largest absolute Gasteiger partial charge is 0.208 e. The van der Waals surface area contributed by atoms with E-state index in [2.05, 4.69) is 12.6 Å². The quantitative estimate of drug-likeness (QED) is 0.399. The smallest absolute Gasteiger partial charge is 0.117 e. The molecule has 0 bridgehead atoms. The Morgan fingerprint density at radius 1 is 1.44 bits per heavy atom. The summed E-state index contributed by atoms with van der Waals surface area (Å²) in [5.74, 6) is -0.414. The third-order valence-electron chi connectivity index (χ3n) is 0.984. The highest BCUT2D eigenvalue weighted by atomic mass is 32.1. The van der Waals surface area contributed by atoms with Gasteiger partial charge in [-0.05, 0) is 12.1 Å². The lowest BCUT2D eigenvalue weighted by Gasteiger charge is -1.94. The molecule has 0 atom stereocenters. The zero-order valence-corrected chi connectivity index (χ0v) is 5.53. The van der Waals surface area contributed by atoms with Gasteiger partial charge in [0.15, 0.2) is 0 Å². The predicted octanol–water partition coefficient (Wildman–Crippen LogP) is 0.908. The van der Waals surface area contributed by atoms with Gasteiger partial charge in [0.25, 0.3) is 0 Å². The van der Waals surface area contributed by atoms with Crippen molar-refractivity contribution in [1.82, 2.24) is 0 Å². The zero-order valence-electron chi connectivity index (χ0n) is 4.63. The van der Waals surface area contributed by atoms with Gasteiger partial charge in [-0.25, -0.2) is 4.39 Å². The third-order valence-corrected chi connectivity index (χ3v) is 1.26. The lowest BCUT2D eigenvalue weighted by molar-refractivity contribution is 0.633. The number of hydrogen-bond acceptors (Lipinski definition) is 1. The van der Waals surface area contributed by atoms with E-state index in [1.165, 1.54) is 12.1 Å². The first-order valence-electron chi connectivity index (χ1n) is 2.44. The molecule has 44 valence electrons. The molecular formula is C6H4BFS. The molecule has 0 fully saturated rings. The van der Waals surface area contributed by atoms with Gasteiger partial charge in [0.2, 0.25) is 0 Å². The van der Waals surface area contributed by atoms with Crippen LogP contribution < -0.4 is 5.46 Å². The Bertz CT molecular complexity index is 224. The predicted molar refractivity (Wildman–Crippen MR) is 39.0 cm³/mol. The Hall–Kier alpha value is -0.435. The van der Waals surface area contributed by atoms with Crippen LogP contribution in [0.4, 0.5) is 4.39 Å². The SMILES string of the molecule is [B]c1ccc(S)cc1F. The molecule has 1 rings (SSSR count). The fraction of sp³-hybridized carbons (Fsp3) is 0. The van der Waals surface area contributed by atoms with Crippen LogP contribution in [-0.4, -0.2) is 7.85 Å². The first-order chi connectivity index (χ1) is 4.20. The highest BCUT2D eigenvalue weighted by Gasteiger charge is 1.93. The van der Waals surface area contributed by atoms with E-state index in [0.29, 0.717) is 4.90 Å². The highest BCUT2D eigenvalue weighted by molar-refractivity contribution is 7.80. The van der Waals surface area contributed by atoms with Crippen LogP contribution in [0.1, 0.15) is 0 Å². The normalized spacial score (nSPS) is 9.56. The van der Waals surface area contributed by atoms with Gasteiger partial charge in [-0.15, -0.1) is 12.6 Å². The summed E-state index contributed by atoms with van der Waals surface area (Å²) in [6.45, 7) is 0. The number of thiol groups is 1. The summed E-state index contributed by atoms with van der Waals surface area (Å²) in [6, 6.07) is 4.40. The second-order valence-corrected chi connectivity index (χ2v) is 2.22. The standard InChI is InChI=1S/C6H4BFS/c7-5-2-1-4(9)3-6(5)8/h1-3,9H. The Labute approximate surface area is 59.9 Å². The monoisotopic (exact) mass is 138 g/mol. The van der Waals surface area contributed by atoms with Crippen molar-refractivity contribution in [3.05, 3.63) is 24.0 Å². The molecular weight excluding hydrogens is 134 g/mol. The molecule has 1 aromatic rings. The molecule has 0 aliphatic carbocycles. The van der Waals surface area contributed by atoms with E-state index in [1.807, 2.05) is 0 Å². The molecule has 0 aliphatic rings. The van der Waals surface area contributed by atoms with Crippen LogP contribution in [0, 0.1) is 5.82 Å². The summed E-state index contributed by atoms with van der Waals surface area (Å²) < 4.78 is 12.4. The van der Waals surface area contributed by atoms with Crippen LogP contribution in [0.5, 0.6) is 0 Å². The topological polar surface area (TPSA) is 0 Å². The molecule has 0 heterocycles. The van der Waals surface area contributed by atoms with Crippen LogP contribution in [0.25, 0.3) is 0 Å². The number of benzene rings is 1. The molecule has 0 saturated heterocycles. The van der Waals surface area contributed by atoms with E-state index in [-0.39, 0.29) is 5.46 Å². The van der Waals surface area contributed by atoms with Gasteiger partial charge in [-0.3, -0.25) is 0 Å². The minimum atomic E-state index is -0.414. The molecule has 0 aliphatic heterocycles. The van der Waals surface area contributed by atoms with Gasteiger partial charge in [0.05, 0.1) is 0 Å². The number of rotatable bonds is 0. The third kappa shape index (κ3) is 1.48. The summed E-state index contributed by atoms with van der Waals surface area (Å²) in [6.07, 6.45) is 0. The Morgan fingerprint density at radius 2 is 2.11 bits per heavy atom. The van der Waals surface area contributed by atoms with E-state index >= 15 is 0 Å². The molecule has 1 aromatic carbocycles.